The molecule has 3 heterocycles. The van der Waals surface area contributed by atoms with Gasteiger partial charge in [-0.3, -0.25) is 0 Å². The van der Waals surface area contributed by atoms with E-state index in [9.17, 15) is 4.39 Å². The van der Waals surface area contributed by atoms with Gasteiger partial charge in [0.05, 0.1) is 22.2 Å². The van der Waals surface area contributed by atoms with Gasteiger partial charge in [-0.05, 0) is 47.9 Å². The molecule has 4 rings (SSSR count). The summed E-state index contributed by atoms with van der Waals surface area (Å²) in [7, 11) is 3.64. The third kappa shape index (κ3) is 5.50. The standard InChI is InChI=1S/C25H27FN4O2S2/c1-27-23-22-19(16-4-7-18(26)8-5-16)14-20(17-6-9-21(29-15-17)28-10-11-31)30-24(22)34-25(23)33-13-3-12-32-2/h4-9,14-15,27,31H,3,10-13H2,1-2H3,(H,28,29). The summed E-state index contributed by atoms with van der Waals surface area (Å²) in [6.07, 6.45) is 2.74. The average molecular weight is 499 g/mol. The van der Waals surface area contributed by atoms with Crippen molar-refractivity contribution < 1.29 is 14.2 Å². The molecule has 9 heteroatoms. The van der Waals surface area contributed by atoms with Gasteiger partial charge in [0.1, 0.15) is 16.5 Å². The second kappa shape index (κ2) is 11.6. The van der Waals surface area contributed by atoms with Crippen LogP contribution in [-0.2, 0) is 4.74 Å². The number of methoxy groups -OCH3 is 1. The molecule has 0 aliphatic rings. The van der Waals surface area contributed by atoms with Crippen LogP contribution in [0, 0.1) is 5.82 Å². The zero-order valence-corrected chi connectivity index (χ0v) is 20.7. The van der Waals surface area contributed by atoms with Crippen LogP contribution in [0.15, 0.2) is 52.9 Å². The molecule has 0 fully saturated rings. The number of fused-ring (bicyclic) bond motifs is 1. The fraction of sp³-hybridized carbons (Fsp3) is 0.280. The third-order valence-electron chi connectivity index (χ3n) is 5.24. The zero-order chi connectivity index (χ0) is 23.9. The lowest BCUT2D eigenvalue weighted by molar-refractivity contribution is 0.200. The molecule has 0 atom stereocenters. The van der Waals surface area contributed by atoms with Crippen LogP contribution < -0.4 is 10.6 Å². The number of thiophene rings is 1. The monoisotopic (exact) mass is 498 g/mol. The van der Waals surface area contributed by atoms with Gasteiger partial charge in [-0.1, -0.05) is 12.1 Å². The number of ether oxygens (including phenoxy) is 1. The van der Waals surface area contributed by atoms with Crippen molar-refractivity contribution in [2.45, 2.75) is 10.6 Å². The van der Waals surface area contributed by atoms with Gasteiger partial charge in [0.25, 0.3) is 0 Å². The van der Waals surface area contributed by atoms with Crippen molar-refractivity contribution in [2.24, 2.45) is 0 Å². The second-order valence-corrected chi connectivity index (χ2v) is 9.90. The summed E-state index contributed by atoms with van der Waals surface area (Å²) >= 11 is 3.45. The van der Waals surface area contributed by atoms with E-state index in [4.69, 9.17) is 14.8 Å². The molecule has 34 heavy (non-hydrogen) atoms. The highest BCUT2D eigenvalue weighted by molar-refractivity contribution is 8.01. The Labute approximate surface area is 206 Å². The fourth-order valence-electron chi connectivity index (χ4n) is 3.61. The Morgan fingerprint density at radius 3 is 2.62 bits per heavy atom. The van der Waals surface area contributed by atoms with E-state index in [0.29, 0.717) is 12.4 Å². The largest absolute Gasteiger partial charge is 0.395 e. The smallest absolute Gasteiger partial charge is 0.127 e. The number of halogens is 1. The summed E-state index contributed by atoms with van der Waals surface area (Å²) in [4.78, 5) is 10.3. The minimum Gasteiger partial charge on any atom is -0.395 e. The lowest BCUT2D eigenvalue weighted by Gasteiger charge is -2.11. The number of hydrogen-bond acceptors (Lipinski definition) is 8. The maximum atomic E-state index is 13.7. The number of nitrogens with zero attached hydrogens (tertiary/aromatic N) is 2. The average Bonchev–Trinajstić information content (AvgIpc) is 3.23. The van der Waals surface area contributed by atoms with E-state index in [1.54, 1.807) is 48.5 Å². The number of aromatic nitrogens is 2. The van der Waals surface area contributed by atoms with E-state index in [-0.39, 0.29) is 12.4 Å². The second-order valence-electron chi connectivity index (χ2n) is 7.53. The molecule has 0 amide bonds. The molecule has 3 aromatic heterocycles. The van der Waals surface area contributed by atoms with Gasteiger partial charge in [0.2, 0.25) is 0 Å². The molecule has 0 spiro atoms. The normalized spacial score (nSPS) is 11.2. The lowest BCUT2D eigenvalue weighted by atomic mass is 10.0. The van der Waals surface area contributed by atoms with Crippen molar-refractivity contribution >= 4 is 44.8 Å². The number of nitrogens with one attached hydrogen (secondary N) is 2. The predicted octanol–water partition coefficient (Wildman–Crippen LogP) is 5.74. The maximum Gasteiger partial charge on any atom is 0.127 e. The fourth-order valence-corrected chi connectivity index (χ4v) is 6.07. The quantitative estimate of drug-likeness (QED) is 0.180. The molecular weight excluding hydrogens is 471 g/mol. The van der Waals surface area contributed by atoms with Gasteiger partial charge in [0, 0.05) is 50.2 Å². The molecule has 0 radical (unpaired) electrons. The Morgan fingerprint density at radius 1 is 1.15 bits per heavy atom. The van der Waals surface area contributed by atoms with Crippen LogP contribution in [0.1, 0.15) is 6.42 Å². The van der Waals surface area contributed by atoms with Crippen LogP contribution >= 0.6 is 23.1 Å². The molecule has 6 nitrogen and oxygen atoms in total. The van der Waals surface area contributed by atoms with Crippen molar-refractivity contribution in [2.75, 3.05) is 50.3 Å². The van der Waals surface area contributed by atoms with Gasteiger partial charge in [-0.15, -0.1) is 23.1 Å². The van der Waals surface area contributed by atoms with Crippen LogP contribution in [-0.4, -0.2) is 54.7 Å². The van der Waals surface area contributed by atoms with E-state index in [1.807, 2.05) is 25.2 Å². The SMILES string of the molecule is CNc1c(SCCCOC)sc2nc(-c3ccc(NCCO)nc3)cc(-c3ccc(F)cc3)c12. The van der Waals surface area contributed by atoms with Gasteiger partial charge in [0.15, 0.2) is 0 Å². The van der Waals surface area contributed by atoms with Gasteiger partial charge in [-0.25, -0.2) is 14.4 Å². The Balaban J connectivity index is 1.81. The minimum atomic E-state index is -0.266. The summed E-state index contributed by atoms with van der Waals surface area (Å²) in [6, 6.07) is 12.4. The molecule has 0 bridgehead atoms. The van der Waals surface area contributed by atoms with Gasteiger partial charge >= 0.3 is 0 Å². The number of rotatable bonds is 11. The van der Waals surface area contributed by atoms with Crippen molar-refractivity contribution in [1.82, 2.24) is 9.97 Å². The molecule has 4 aromatic rings. The summed E-state index contributed by atoms with van der Waals surface area (Å²) in [5, 5.41) is 16.5. The number of aliphatic hydroxyl groups excluding tert-OH is 1. The van der Waals surface area contributed by atoms with Crippen molar-refractivity contribution in [3.8, 4) is 22.4 Å². The predicted molar refractivity (Wildman–Crippen MR) is 141 cm³/mol. The van der Waals surface area contributed by atoms with Crippen LogP contribution in [0.4, 0.5) is 15.9 Å². The topological polar surface area (TPSA) is 79.3 Å². The first-order chi connectivity index (χ1) is 16.6. The van der Waals surface area contributed by atoms with E-state index >= 15 is 0 Å². The molecular formula is C25H27FN4O2S2. The molecule has 0 aliphatic heterocycles. The number of pyridine rings is 2. The van der Waals surface area contributed by atoms with E-state index in [0.717, 1.165) is 57.1 Å². The Bertz CT molecular complexity index is 1230. The Kier molecular flexibility index (Phi) is 8.34. The van der Waals surface area contributed by atoms with E-state index in [1.165, 1.54) is 16.3 Å². The van der Waals surface area contributed by atoms with E-state index in [2.05, 4.69) is 15.6 Å². The molecule has 3 N–H and O–H groups in total. The van der Waals surface area contributed by atoms with Gasteiger partial charge in [-0.2, -0.15) is 0 Å². The molecule has 0 saturated heterocycles. The Morgan fingerprint density at radius 2 is 1.94 bits per heavy atom. The van der Waals surface area contributed by atoms with Crippen molar-refractivity contribution in [3.63, 3.8) is 0 Å². The first-order valence-corrected chi connectivity index (χ1v) is 12.8. The third-order valence-corrected chi connectivity index (χ3v) is 7.68. The highest BCUT2D eigenvalue weighted by Gasteiger charge is 2.19. The summed E-state index contributed by atoms with van der Waals surface area (Å²) in [5.41, 5.74) is 4.64. The molecule has 178 valence electrons. The highest BCUT2D eigenvalue weighted by atomic mass is 32.2. The number of benzene rings is 1. The molecule has 1 aromatic carbocycles. The molecule has 0 unspecified atom stereocenters. The lowest BCUT2D eigenvalue weighted by Crippen LogP contribution is -2.06. The van der Waals surface area contributed by atoms with E-state index < -0.39 is 0 Å². The molecule has 0 saturated carbocycles. The zero-order valence-electron chi connectivity index (χ0n) is 19.1. The van der Waals surface area contributed by atoms with Crippen molar-refractivity contribution in [1.29, 1.82) is 0 Å². The summed E-state index contributed by atoms with van der Waals surface area (Å²) in [6.45, 7) is 1.21. The molecule has 0 aliphatic carbocycles. The minimum absolute atomic E-state index is 0.0423. The summed E-state index contributed by atoms with van der Waals surface area (Å²) < 4.78 is 20.0. The summed E-state index contributed by atoms with van der Waals surface area (Å²) in [5.74, 6) is 1.37. The van der Waals surface area contributed by atoms with Crippen LogP contribution in [0.3, 0.4) is 0 Å². The number of thioether (sulfide) groups is 1. The number of hydrogen-bond donors (Lipinski definition) is 3. The van der Waals surface area contributed by atoms with Crippen molar-refractivity contribution in [3.05, 3.63) is 54.5 Å². The number of aliphatic hydroxyl groups is 1. The Hall–Kier alpha value is -2.72. The first kappa shape index (κ1) is 24.4. The van der Waals surface area contributed by atoms with Gasteiger partial charge < -0.3 is 20.5 Å². The first-order valence-electron chi connectivity index (χ1n) is 11.0. The van der Waals surface area contributed by atoms with Crippen LogP contribution in [0.5, 0.6) is 0 Å². The van der Waals surface area contributed by atoms with Crippen LogP contribution in [0.25, 0.3) is 32.6 Å². The highest BCUT2D eigenvalue weighted by Crippen LogP contribution is 2.46. The maximum absolute atomic E-state index is 13.7. The number of anilines is 2. The van der Waals surface area contributed by atoms with Crippen LogP contribution in [0.2, 0.25) is 0 Å².